The van der Waals surface area contributed by atoms with E-state index in [1.54, 1.807) is 7.11 Å². The average Bonchev–Trinajstić information content (AvgIpc) is 3.88. The molecule has 0 aromatic heterocycles. The Balaban J connectivity index is 1.40. The second kappa shape index (κ2) is 16.7. The normalized spacial score (nSPS) is 29.5. The van der Waals surface area contributed by atoms with Crippen LogP contribution in [0.2, 0.25) is 0 Å². The molecule has 12 nitrogen and oxygen atoms in total. The highest BCUT2D eigenvalue weighted by Crippen LogP contribution is 2.59. The third-order valence-corrected chi connectivity index (χ3v) is 8.92. The molecule has 3 amide bonds. The van der Waals surface area contributed by atoms with Gasteiger partial charge in [0.15, 0.2) is 0 Å². The number of amides is 3. The zero-order valence-electron chi connectivity index (χ0n) is 27.2. The molecule has 2 heterocycles. The maximum atomic E-state index is 13.1. The third kappa shape index (κ3) is 10.3. The average molecular weight is 629 g/mol. The van der Waals surface area contributed by atoms with Gasteiger partial charge in [-0.15, -0.1) is 10.0 Å². The van der Waals surface area contributed by atoms with E-state index in [9.17, 15) is 18.9 Å². The van der Waals surface area contributed by atoms with Crippen molar-refractivity contribution >= 4 is 18.1 Å². The first-order chi connectivity index (χ1) is 21.0. The first-order valence-electron chi connectivity index (χ1n) is 15.9. The number of allylic oxidation sites excluding steroid dienone is 1. The molecule has 3 rings (SSSR count). The zero-order chi connectivity index (χ0) is 32.3. The van der Waals surface area contributed by atoms with Crippen LogP contribution in [0.1, 0.15) is 79.6 Å². The Kier molecular flexibility index (Phi) is 13.7. The fourth-order valence-electron chi connectivity index (χ4n) is 6.16. The van der Waals surface area contributed by atoms with E-state index < -0.39 is 29.9 Å². The van der Waals surface area contributed by atoms with Gasteiger partial charge in [-0.3, -0.25) is 4.79 Å². The van der Waals surface area contributed by atoms with E-state index in [1.165, 1.54) is 11.1 Å². The number of carbonyl (C=O) groups excluding carboxylic acids is 3. The maximum absolute atomic E-state index is 13.1. The lowest BCUT2D eigenvalue weighted by Gasteiger charge is -2.42. The quantitative estimate of drug-likeness (QED) is 0.0771. The van der Waals surface area contributed by atoms with Gasteiger partial charge in [-0.05, 0) is 58.8 Å². The van der Waals surface area contributed by atoms with Crippen molar-refractivity contribution < 1.29 is 42.5 Å². The Morgan fingerprint density at radius 3 is 2.34 bits per heavy atom. The molecule has 3 aliphatic rings. The summed E-state index contributed by atoms with van der Waals surface area (Å²) in [5.41, 5.74) is 1.83. The van der Waals surface area contributed by atoms with Crippen LogP contribution in [0.3, 0.4) is 0 Å². The Hall–Kier alpha value is -2.48. The van der Waals surface area contributed by atoms with Gasteiger partial charge in [-0.2, -0.15) is 0 Å². The van der Waals surface area contributed by atoms with Crippen molar-refractivity contribution in [3.8, 4) is 0 Å². The van der Waals surface area contributed by atoms with Gasteiger partial charge in [0.2, 0.25) is 5.91 Å². The molecule has 0 aromatic carbocycles. The first kappa shape index (κ1) is 36.0. The standard InChI is InChI=1S/C31H53FN4O8/c1-20(2)11-12-24-30(5,44-24)27-26(40-6)23(13-14-31(27)19-42-31)43-29(39)36-22(21(3)4)18-41-28(38)34-16-10-8-7-9-15-33-25(37)17-35-32/h11,21-24,26-27,35H,7-10,12-19H2,1-6H3,(H,33,37)(H,34,38)(H,36,39)/t22-,23?,24+,26?,27?,30-,31-/m0/s1. The van der Waals surface area contributed by atoms with Gasteiger partial charge in [-0.1, -0.05) is 38.3 Å². The molecule has 1 aliphatic carbocycles. The summed E-state index contributed by atoms with van der Waals surface area (Å²) in [7, 11) is 1.64. The van der Waals surface area contributed by atoms with Gasteiger partial charge in [0.25, 0.3) is 0 Å². The van der Waals surface area contributed by atoms with Crippen molar-refractivity contribution in [3.05, 3.63) is 11.6 Å². The molecule has 44 heavy (non-hydrogen) atoms. The largest absolute Gasteiger partial charge is 0.447 e. The Labute approximate surface area is 260 Å². The lowest BCUT2D eigenvalue weighted by atomic mass is 9.68. The number of hydrogen-bond donors (Lipinski definition) is 4. The molecule has 7 atom stereocenters. The molecule has 2 aliphatic heterocycles. The second-order valence-electron chi connectivity index (χ2n) is 12.9. The van der Waals surface area contributed by atoms with Crippen LogP contribution in [0, 0.1) is 11.8 Å². The Bertz CT molecular complexity index is 990. The lowest BCUT2D eigenvalue weighted by molar-refractivity contribution is -0.120. The molecule has 0 aromatic rings. The number of carbonyl (C=O) groups is 3. The highest BCUT2D eigenvalue weighted by molar-refractivity contribution is 5.77. The molecule has 2 saturated heterocycles. The molecule has 0 bridgehead atoms. The van der Waals surface area contributed by atoms with Gasteiger partial charge in [0.05, 0.1) is 24.7 Å². The van der Waals surface area contributed by atoms with Crippen molar-refractivity contribution in [2.75, 3.05) is 40.0 Å². The van der Waals surface area contributed by atoms with E-state index in [1.807, 2.05) is 13.8 Å². The molecule has 1 spiro atoms. The minimum absolute atomic E-state index is 0.00192. The van der Waals surface area contributed by atoms with Gasteiger partial charge in [-0.25, -0.2) is 9.59 Å². The lowest BCUT2D eigenvalue weighted by Crippen LogP contribution is -2.56. The predicted octanol–water partition coefficient (Wildman–Crippen LogP) is 3.69. The topological polar surface area (TPSA) is 152 Å². The van der Waals surface area contributed by atoms with E-state index in [2.05, 4.69) is 42.8 Å². The number of nitrogens with one attached hydrogen (secondary N) is 4. The molecule has 252 valence electrons. The van der Waals surface area contributed by atoms with Crippen LogP contribution >= 0.6 is 0 Å². The van der Waals surface area contributed by atoms with Crippen molar-refractivity contribution in [2.24, 2.45) is 11.8 Å². The van der Waals surface area contributed by atoms with Crippen LogP contribution in [-0.4, -0.2) is 93.6 Å². The van der Waals surface area contributed by atoms with E-state index >= 15 is 0 Å². The smallest absolute Gasteiger partial charge is 0.407 e. The Morgan fingerprint density at radius 1 is 1.07 bits per heavy atom. The summed E-state index contributed by atoms with van der Waals surface area (Å²) in [6.07, 6.45) is 5.71. The summed E-state index contributed by atoms with van der Waals surface area (Å²) in [6.45, 7) is 11.4. The van der Waals surface area contributed by atoms with Crippen LogP contribution in [0.5, 0.6) is 0 Å². The monoisotopic (exact) mass is 628 g/mol. The van der Waals surface area contributed by atoms with Crippen LogP contribution in [0.25, 0.3) is 0 Å². The van der Waals surface area contributed by atoms with Crippen LogP contribution < -0.4 is 21.5 Å². The van der Waals surface area contributed by atoms with E-state index in [0.29, 0.717) is 26.1 Å². The highest BCUT2D eigenvalue weighted by atomic mass is 19.2. The molecule has 13 heteroatoms. The molecule has 4 N–H and O–H groups in total. The van der Waals surface area contributed by atoms with Gasteiger partial charge in [0, 0.05) is 20.2 Å². The summed E-state index contributed by atoms with van der Waals surface area (Å²) < 4.78 is 41.4. The number of hydrogen-bond acceptors (Lipinski definition) is 9. The number of rotatable bonds is 18. The molecule has 1 saturated carbocycles. The second-order valence-corrected chi connectivity index (χ2v) is 12.9. The molecular weight excluding hydrogens is 575 g/mol. The number of ether oxygens (including phenoxy) is 5. The maximum Gasteiger partial charge on any atom is 0.407 e. The first-order valence-corrected chi connectivity index (χ1v) is 15.9. The third-order valence-electron chi connectivity index (χ3n) is 8.92. The van der Waals surface area contributed by atoms with Crippen LogP contribution in [0.15, 0.2) is 11.6 Å². The number of methoxy groups -OCH3 is 1. The van der Waals surface area contributed by atoms with Crippen molar-refractivity contribution in [1.29, 1.82) is 0 Å². The van der Waals surface area contributed by atoms with Crippen LogP contribution in [0.4, 0.5) is 14.1 Å². The minimum atomic E-state index is -0.578. The van der Waals surface area contributed by atoms with E-state index in [4.69, 9.17) is 23.7 Å². The van der Waals surface area contributed by atoms with Gasteiger partial charge in [0.1, 0.15) is 36.6 Å². The summed E-state index contributed by atoms with van der Waals surface area (Å²) in [4.78, 5) is 36.5. The van der Waals surface area contributed by atoms with Crippen molar-refractivity contribution in [1.82, 2.24) is 21.5 Å². The molecule has 3 unspecified atom stereocenters. The Morgan fingerprint density at radius 2 is 1.75 bits per heavy atom. The highest BCUT2D eigenvalue weighted by Gasteiger charge is 2.72. The SMILES string of the molecule is COC1C(OC(=O)N[C@@H](COC(=O)NCCCCCCNC(=O)CNF)C(C)C)CC[C@]2(CO2)C1[C@@]1(C)O[C@@H]1CC=C(C)C. The molecule has 0 radical (unpaired) electrons. The number of unbranched alkanes of at least 4 members (excludes halogenated alkanes) is 3. The fraction of sp³-hybridized carbons (Fsp3) is 0.839. The zero-order valence-corrected chi connectivity index (χ0v) is 27.2. The summed E-state index contributed by atoms with van der Waals surface area (Å²) in [5, 5.41) is 8.21. The van der Waals surface area contributed by atoms with E-state index in [-0.39, 0.29) is 48.7 Å². The fourth-order valence-corrected chi connectivity index (χ4v) is 6.16. The van der Waals surface area contributed by atoms with Crippen molar-refractivity contribution in [2.45, 2.75) is 115 Å². The molecule has 3 fully saturated rings. The minimum Gasteiger partial charge on any atom is -0.447 e. The van der Waals surface area contributed by atoms with Crippen molar-refractivity contribution in [3.63, 3.8) is 0 Å². The van der Waals surface area contributed by atoms with E-state index in [0.717, 1.165) is 38.5 Å². The summed E-state index contributed by atoms with van der Waals surface area (Å²) >= 11 is 0. The number of epoxide rings is 2. The number of alkyl carbamates (subject to hydrolysis) is 2. The summed E-state index contributed by atoms with van der Waals surface area (Å²) in [5.74, 6) is -0.461. The van der Waals surface area contributed by atoms with Gasteiger partial charge >= 0.3 is 12.2 Å². The van der Waals surface area contributed by atoms with Gasteiger partial charge < -0.3 is 39.6 Å². The molecular formula is C31H53FN4O8. The predicted molar refractivity (Wildman–Crippen MR) is 161 cm³/mol. The van der Waals surface area contributed by atoms with Crippen LogP contribution in [-0.2, 0) is 28.5 Å². The number of halogens is 1. The summed E-state index contributed by atoms with van der Waals surface area (Å²) in [6, 6.07) is -0.438.